The quantitative estimate of drug-likeness (QED) is 0.703. The second-order valence-electron chi connectivity index (χ2n) is 6.72. The lowest BCUT2D eigenvalue weighted by atomic mass is 9.96. The van der Waals surface area contributed by atoms with E-state index in [1.54, 1.807) is 25.0 Å². The molecule has 1 aliphatic rings. The fourth-order valence-corrected chi connectivity index (χ4v) is 3.89. The van der Waals surface area contributed by atoms with Crippen molar-refractivity contribution in [2.24, 2.45) is 4.99 Å². The predicted molar refractivity (Wildman–Crippen MR) is 108 cm³/mol. The smallest absolute Gasteiger partial charge is 0.236 e. The number of aromatic nitrogens is 1. The molecule has 6 heteroatoms. The molecule has 1 saturated carbocycles. The monoisotopic (exact) mass is 432 g/mol. The zero-order chi connectivity index (χ0) is 19.2. The number of carbonyl (C=O) groups excluding carboxylic acids is 1. The van der Waals surface area contributed by atoms with Crippen LogP contribution in [0.5, 0.6) is 11.5 Å². The molecule has 0 amide bonds. The number of rotatable bonds is 5. The van der Waals surface area contributed by atoms with E-state index in [0.29, 0.717) is 17.5 Å². The summed E-state index contributed by atoms with van der Waals surface area (Å²) >= 11 is 3.53. The van der Waals surface area contributed by atoms with Gasteiger partial charge in [-0.3, -0.25) is 14.4 Å². The van der Waals surface area contributed by atoms with Gasteiger partial charge >= 0.3 is 0 Å². The Balaban J connectivity index is 1.88. The maximum absolute atomic E-state index is 13.0. The summed E-state index contributed by atoms with van der Waals surface area (Å²) in [7, 11) is 3.18. The first-order chi connectivity index (χ1) is 13.1. The first kappa shape index (κ1) is 19.7. The van der Waals surface area contributed by atoms with Crippen LogP contribution in [0.2, 0.25) is 0 Å². The average Bonchev–Trinajstić information content (AvgIpc) is 2.70. The Bertz CT molecular complexity index is 870. The van der Waals surface area contributed by atoms with Gasteiger partial charge in [0.1, 0.15) is 5.49 Å². The molecule has 1 fully saturated rings. The molecule has 0 unspecified atom stereocenters. The average molecular weight is 433 g/mol. The van der Waals surface area contributed by atoms with Crippen molar-refractivity contribution >= 4 is 21.8 Å². The van der Waals surface area contributed by atoms with E-state index < -0.39 is 0 Å². The molecule has 144 valence electrons. The van der Waals surface area contributed by atoms with E-state index in [-0.39, 0.29) is 12.3 Å². The van der Waals surface area contributed by atoms with Gasteiger partial charge in [0, 0.05) is 10.7 Å². The summed E-state index contributed by atoms with van der Waals surface area (Å²) in [6.45, 7) is 0. The highest BCUT2D eigenvalue weighted by atomic mass is 79.9. The molecule has 0 spiro atoms. The lowest BCUT2D eigenvalue weighted by Gasteiger charge is -2.18. The van der Waals surface area contributed by atoms with Crippen LogP contribution in [0.15, 0.2) is 46.0 Å². The lowest BCUT2D eigenvalue weighted by molar-refractivity contribution is 0.0908. The van der Waals surface area contributed by atoms with Gasteiger partial charge in [-0.1, -0.05) is 41.3 Å². The SMILES string of the molecule is COc1cc(Br)c(CC(=O)n2ccccc2=NC2CCCCC2)cc1OC. The molecule has 0 radical (unpaired) electrons. The van der Waals surface area contributed by atoms with Gasteiger partial charge in [-0.25, -0.2) is 0 Å². The maximum atomic E-state index is 13.0. The van der Waals surface area contributed by atoms with Crippen molar-refractivity contribution < 1.29 is 14.3 Å². The summed E-state index contributed by atoms with van der Waals surface area (Å²) in [5.74, 6) is 1.20. The molecule has 1 heterocycles. The number of hydrogen-bond acceptors (Lipinski definition) is 4. The van der Waals surface area contributed by atoms with E-state index in [9.17, 15) is 4.79 Å². The van der Waals surface area contributed by atoms with Gasteiger partial charge in [-0.15, -0.1) is 0 Å². The third-order valence-corrected chi connectivity index (χ3v) is 5.63. The van der Waals surface area contributed by atoms with Crippen molar-refractivity contribution in [2.75, 3.05) is 14.2 Å². The molecule has 0 aliphatic heterocycles. The third-order valence-electron chi connectivity index (χ3n) is 4.89. The van der Waals surface area contributed by atoms with Gasteiger partial charge < -0.3 is 9.47 Å². The highest BCUT2D eigenvalue weighted by molar-refractivity contribution is 9.10. The summed E-state index contributed by atoms with van der Waals surface area (Å²) < 4.78 is 13.1. The molecule has 0 saturated heterocycles. The Morgan fingerprint density at radius 2 is 1.85 bits per heavy atom. The van der Waals surface area contributed by atoms with Gasteiger partial charge in [0.05, 0.1) is 26.7 Å². The second kappa shape index (κ2) is 9.22. The van der Waals surface area contributed by atoms with E-state index in [1.807, 2.05) is 30.3 Å². The zero-order valence-corrected chi connectivity index (χ0v) is 17.4. The van der Waals surface area contributed by atoms with Gasteiger partial charge in [-0.2, -0.15) is 0 Å². The first-order valence-electron chi connectivity index (χ1n) is 9.27. The molecule has 1 aliphatic carbocycles. The molecule has 1 aromatic heterocycles. The van der Waals surface area contributed by atoms with Crippen molar-refractivity contribution in [2.45, 2.75) is 44.6 Å². The Kier molecular flexibility index (Phi) is 6.72. The summed E-state index contributed by atoms with van der Waals surface area (Å²) in [5, 5.41) is 0. The summed E-state index contributed by atoms with van der Waals surface area (Å²) in [6.07, 6.45) is 7.95. The molecule has 0 bridgehead atoms. The Morgan fingerprint density at radius 3 is 2.56 bits per heavy atom. The third kappa shape index (κ3) is 4.80. The lowest BCUT2D eigenvalue weighted by Crippen LogP contribution is -2.29. The fraction of sp³-hybridized carbons (Fsp3) is 0.429. The predicted octanol–water partition coefficient (Wildman–Crippen LogP) is 4.38. The van der Waals surface area contributed by atoms with E-state index in [0.717, 1.165) is 28.4 Å². The second-order valence-corrected chi connectivity index (χ2v) is 7.57. The van der Waals surface area contributed by atoms with E-state index >= 15 is 0 Å². The summed E-state index contributed by atoms with van der Waals surface area (Å²) in [5.41, 5.74) is 1.57. The number of ether oxygens (including phenoxy) is 2. The van der Waals surface area contributed by atoms with Crippen LogP contribution in [-0.4, -0.2) is 30.7 Å². The number of halogens is 1. The number of hydrogen-bond donors (Lipinski definition) is 0. The Morgan fingerprint density at radius 1 is 1.15 bits per heavy atom. The number of nitrogens with zero attached hydrogens (tertiary/aromatic N) is 2. The van der Waals surface area contributed by atoms with E-state index in [4.69, 9.17) is 14.5 Å². The van der Waals surface area contributed by atoms with Crippen molar-refractivity contribution in [1.82, 2.24) is 4.57 Å². The fourth-order valence-electron chi connectivity index (χ4n) is 3.43. The van der Waals surface area contributed by atoms with Crippen molar-refractivity contribution in [3.8, 4) is 11.5 Å². The minimum absolute atomic E-state index is 0.0296. The van der Waals surface area contributed by atoms with Gasteiger partial charge in [0.2, 0.25) is 5.91 Å². The number of carbonyl (C=O) groups is 1. The van der Waals surface area contributed by atoms with Crippen molar-refractivity contribution in [3.63, 3.8) is 0 Å². The molecule has 5 nitrogen and oxygen atoms in total. The van der Waals surface area contributed by atoms with Crippen LogP contribution in [0.4, 0.5) is 0 Å². The molecule has 2 aromatic rings. The topological polar surface area (TPSA) is 52.8 Å². The van der Waals surface area contributed by atoms with Crippen LogP contribution in [0.1, 0.15) is 42.5 Å². The molecule has 1 aromatic carbocycles. The van der Waals surface area contributed by atoms with Crippen LogP contribution >= 0.6 is 15.9 Å². The maximum Gasteiger partial charge on any atom is 0.236 e. The highest BCUT2D eigenvalue weighted by Gasteiger charge is 2.15. The van der Waals surface area contributed by atoms with Crippen LogP contribution in [0.3, 0.4) is 0 Å². The minimum atomic E-state index is -0.0296. The Labute approximate surface area is 168 Å². The van der Waals surface area contributed by atoms with E-state index in [2.05, 4.69) is 15.9 Å². The zero-order valence-electron chi connectivity index (χ0n) is 15.8. The van der Waals surface area contributed by atoms with Crippen LogP contribution in [0.25, 0.3) is 0 Å². The molecule has 0 atom stereocenters. The van der Waals surface area contributed by atoms with Crippen LogP contribution < -0.4 is 15.0 Å². The van der Waals surface area contributed by atoms with Crippen molar-refractivity contribution in [3.05, 3.63) is 52.1 Å². The molecule has 3 rings (SSSR count). The Hall–Kier alpha value is -2.08. The van der Waals surface area contributed by atoms with Gasteiger partial charge in [0.15, 0.2) is 11.5 Å². The van der Waals surface area contributed by atoms with Gasteiger partial charge in [-0.05, 0) is 42.7 Å². The van der Waals surface area contributed by atoms with E-state index in [1.165, 1.54) is 19.3 Å². The molecule has 27 heavy (non-hydrogen) atoms. The number of benzene rings is 1. The highest BCUT2D eigenvalue weighted by Crippen LogP contribution is 2.33. The van der Waals surface area contributed by atoms with Crippen LogP contribution in [0, 0.1) is 0 Å². The van der Waals surface area contributed by atoms with Crippen molar-refractivity contribution in [1.29, 1.82) is 0 Å². The minimum Gasteiger partial charge on any atom is -0.493 e. The largest absolute Gasteiger partial charge is 0.493 e. The standard InChI is InChI=1S/C21H25BrN2O3/c1-26-18-12-15(17(22)14-19(18)27-2)13-21(25)24-11-7-6-10-20(24)23-16-8-4-3-5-9-16/h6-7,10-12,14,16H,3-5,8-9,13H2,1-2H3. The summed E-state index contributed by atoms with van der Waals surface area (Å²) in [6, 6.07) is 9.68. The molecular formula is C21H25BrN2O3. The van der Waals surface area contributed by atoms with Crippen LogP contribution in [-0.2, 0) is 6.42 Å². The summed E-state index contributed by atoms with van der Waals surface area (Å²) in [4.78, 5) is 17.8. The number of methoxy groups -OCH3 is 2. The molecular weight excluding hydrogens is 408 g/mol. The molecule has 0 N–H and O–H groups in total. The number of pyridine rings is 1. The first-order valence-corrected chi connectivity index (χ1v) is 10.1. The normalized spacial score (nSPS) is 15.6. The van der Waals surface area contributed by atoms with Gasteiger partial charge in [0.25, 0.3) is 0 Å².